The molecular formula is C15H20N2O2S. The normalized spacial score (nSPS) is 12.6. The summed E-state index contributed by atoms with van der Waals surface area (Å²) in [7, 11) is 0. The van der Waals surface area contributed by atoms with Crippen molar-refractivity contribution in [1.29, 1.82) is 0 Å². The number of amides is 1. The van der Waals surface area contributed by atoms with Gasteiger partial charge < -0.3 is 16.2 Å². The van der Waals surface area contributed by atoms with Gasteiger partial charge in [0.05, 0.1) is 11.8 Å². The molecule has 2 aromatic rings. The second kappa shape index (κ2) is 6.24. The molecule has 0 spiro atoms. The topological polar surface area (TPSA) is 75.3 Å². The van der Waals surface area contributed by atoms with E-state index >= 15 is 0 Å². The van der Waals surface area contributed by atoms with Crippen molar-refractivity contribution in [3.05, 3.63) is 28.6 Å². The summed E-state index contributed by atoms with van der Waals surface area (Å²) in [5.74, 6) is -0.132. The van der Waals surface area contributed by atoms with Gasteiger partial charge in [0.25, 0.3) is 5.91 Å². The van der Waals surface area contributed by atoms with Crippen LogP contribution in [0.25, 0.3) is 10.1 Å². The predicted molar refractivity (Wildman–Crippen MR) is 84.2 cm³/mol. The van der Waals surface area contributed by atoms with E-state index in [9.17, 15) is 4.79 Å². The van der Waals surface area contributed by atoms with Gasteiger partial charge in [-0.05, 0) is 38.8 Å². The number of aryl methyl sites for hydroxylation is 1. The third-order valence-electron chi connectivity index (χ3n) is 3.17. The summed E-state index contributed by atoms with van der Waals surface area (Å²) >= 11 is 1.42. The third-order valence-corrected chi connectivity index (χ3v) is 4.36. The monoisotopic (exact) mass is 292 g/mol. The van der Waals surface area contributed by atoms with Crippen LogP contribution in [0, 0.1) is 6.92 Å². The molecule has 20 heavy (non-hydrogen) atoms. The Bertz CT molecular complexity index is 620. The summed E-state index contributed by atoms with van der Waals surface area (Å²) < 4.78 is 1.03. The summed E-state index contributed by atoms with van der Waals surface area (Å²) in [5.41, 5.74) is 7.76. The molecule has 4 N–H and O–H groups in total. The number of aliphatic hydroxyl groups is 1. The molecule has 0 fully saturated rings. The van der Waals surface area contributed by atoms with Gasteiger partial charge in [0.15, 0.2) is 0 Å². The van der Waals surface area contributed by atoms with Gasteiger partial charge in [-0.1, -0.05) is 11.6 Å². The average Bonchev–Trinajstić information content (AvgIpc) is 2.72. The Kier molecular flexibility index (Phi) is 4.62. The quantitative estimate of drug-likeness (QED) is 0.742. The highest BCUT2D eigenvalue weighted by Gasteiger charge is 2.15. The number of fused-ring (bicyclic) bond motifs is 1. The maximum atomic E-state index is 12.1. The number of carbonyl (C=O) groups is 1. The van der Waals surface area contributed by atoms with E-state index in [2.05, 4.69) is 5.32 Å². The number of nitrogen functional groups attached to an aromatic ring is 1. The first kappa shape index (κ1) is 14.8. The van der Waals surface area contributed by atoms with Gasteiger partial charge in [0, 0.05) is 16.6 Å². The lowest BCUT2D eigenvalue weighted by molar-refractivity contribution is 0.0954. The van der Waals surface area contributed by atoms with Crippen molar-refractivity contribution in [3.8, 4) is 0 Å². The Morgan fingerprint density at radius 3 is 2.95 bits per heavy atom. The summed E-state index contributed by atoms with van der Waals surface area (Å²) in [6.07, 6.45) is 1.11. The van der Waals surface area contributed by atoms with Crippen LogP contribution >= 0.6 is 11.3 Å². The van der Waals surface area contributed by atoms with Crippen LogP contribution in [0.5, 0.6) is 0 Å². The SMILES string of the molecule is Cc1ccc2sc(C(=O)NCCCC(C)O)c(N)c2c1. The van der Waals surface area contributed by atoms with Gasteiger partial charge in [-0.3, -0.25) is 4.79 Å². The Labute approximate surface area is 122 Å². The maximum Gasteiger partial charge on any atom is 0.263 e. The minimum absolute atomic E-state index is 0.132. The molecule has 0 aliphatic rings. The fourth-order valence-electron chi connectivity index (χ4n) is 2.08. The van der Waals surface area contributed by atoms with Gasteiger partial charge in [0.1, 0.15) is 4.88 Å². The largest absolute Gasteiger partial charge is 0.397 e. The van der Waals surface area contributed by atoms with Crippen LogP contribution in [0.1, 0.15) is 35.0 Å². The number of thiophene rings is 1. The molecule has 2 rings (SSSR count). The number of hydrogen-bond donors (Lipinski definition) is 3. The van der Waals surface area contributed by atoms with E-state index in [-0.39, 0.29) is 12.0 Å². The van der Waals surface area contributed by atoms with Gasteiger partial charge in [0.2, 0.25) is 0 Å². The van der Waals surface area contributed by atoms with Gasteiger partial charge in [-0.2, -0.15) is 0 Å². The molecule has 108 valence electrons. The molecule has 0 saturated heterocycles. The van der Waals surface area contributed by atoms with Gasteiger partial charge >= 0.3 is 0 Å². The summed E-state index contributed by atoms with van der Waals surface area (Å²) in [5, 5.41) is 13.0. The van der Waals surface area contributed by atoms with Crippen molar-refractivity contribution in [2.45, 2.75) is 32.8 Å². The van der Waals surface area contributed by atoms with Crippen molar-refractivity contribution < 1.29 is 9.90 Å². The molecule has 1 aromatic carbocycles. The highest BCUT2D eigenvalue weighted by Crippen LogP contribution is 2.34. The van der Waals surface area contributed by atoms with E-state index < -0.39 is 0 Å². The van der Waals surface area contributed by atoms with E-state index in [4.69, 9.17) is 10.8 Å². The van der Waals surface area contributed by atoms with Crippen LogP contribution < -0.4 is 11.1 Å². The average molecular weight is 292 g/mol. The summed E-state index contributed by atoms with van der Waals surface area (Å²) in [6.45, 7) is 4.30. The van der Waals surface area contributed by atoms with Crippen molar-refractivity contribution in [3.63, 3.8) is 0 Å². The van der Waals surface area contributed by atoms with Crippen LogP contribution in [0.4, 0.5) is 5.69 Å². The van der Waals surface area contributed by atoms with E-state index in [1.165, 1.54) is 11.3 Å². The second-order valence-electron chi connectivity index (χ2n) is 5.09. The number of benzene rings is 1. The lowest BCUT2D eigenvalue weighted by Gasteiger charge is -2.05. The van der Waals surface area contributed by atoms with Crippen molar-refractivity contribution in [2.75, 3.05) is 12.3 Å². The van der Waals surface area contributed by atoms with Crippen molar-refractivity contribution in [2.24, 2.45) is 0 Å². The molecule has 1 atom stereocenters. The summed E-state index contributed by atoms with van der Waals surface area (Å²) in [6, 6.07) is 6.02. The van der Waals surface area contributed by atoms with Crippen molar-refractivity contribution in [1.82, 2.24) is 5.32 Å². The third kappa shape index (κ3) is 3.29. The maximum absolute atomic E-state index is 12.1. The van der Waals surface area contributed by atoms with Gasteiger partial charge in [-0.25, -0.2) is 0 Å². The first-order valence-electron chi connectivity index (χ1n) is 6.74. The fraction of sp³-hybridized carbons (Fsp3) is 0.400. The number of carbonyl (C=O) groups excluding carboxylic acids is 1. The molecule has 0 bridgehead atoms. The second-order valence-corrected chi connectivity index (χ2v) is 6.14. The highest BCUT2D eigenvalue weighted by atomic mass is 32.1. The van der Waals surface area contributed by atoms with Crippen molar-refractivity contribution >= 4 is 33.0 Å². The zero-order valence-corrected chi connectivity index (χ0v) is 12.6. The number of nitrogens with two attached hydrogens (primary N) is 1. The first-order valence-corrected chi connectivity index (χ1v) is 7.55. The number of nitrogens with one attached hydrogen (secondary N) is 1. The lowest BCUT2D eigenvalue weighted by Crippen LogP contribution is -2.24. The van der Waals surface area contributed by atoms with Crippen LogP contribution in [0.15, 0.2) is 18.2 Å². The zero-order valence-electron chi connectivity index (χ0n) is 11.8. The molecular weight excluding hydrogens is 272 g/mol. The first-order chi connectivity index (χ1) is 9.49. The molecule has 0 radical (unpaired) electrons. The molecule has 1 heterocycles. The smallest absolute Gasteiger partial charge is 0.263 e. The highest BCUT2D eigenvalue weighted by molar-refractivity contribution is 7.21. The van der Waals surface area contributed by atoms with Crippen LogP contribution in [-0.4, -0.2) is 23.7 Å². The van der Waals surface area contributed by atoms with E-state index in [1.54, 1.807) is 6.92 Å². The molecule has 4 nitrogen and oxygen atoms in total. The van der Waals surface area contributed by atoms with Crippen LogP contribution in [-0.2, 0) is 0 Å². The standard InChI is InChI=1S/C15H20N2O2S/c1-9-5-6-12-11(8-9)13(16)14(20-12)15(19)17-7-3-4-10(2)18/h5-6,8,10,18H,3-4,7,16H2,1-2H3,(H,17,19). The molecule has 0 saturated carbocycles. The molecule has 1 aromatic heterocycles. The molecule has 1 unspecified atom stereocenters. The molecule has 1 amide bonds. The molecule has 0 aliphatic carbocycles. The Balaban J connectivity index is 2.08. The molecule has 5 heteroatoms. The fourth-order valence-corrected chi connectivity index (χ4v) is 3.10. The Hall–Kier alpha value is -1.59. The predicted octanol–water partition coefficient (Wildman–Crippen LogP) is 2.68. The summed E-state index contributed by atoms with van der Waals surface area (Å²) in [4.78, 5) is 12.7. The number of rotatable bonds is 5. The zero-order chi connectivity index (χ0) is 14.7. The Morgan fingerprint density at radius 1 is 1.50 bits per heavy atom. The minimum Gasteiger partial charge on any atom is -0.397 e. The lowest BCUT2D eigenvalue weighted by atomic mass is 10.1. The minimum atomic E-state index is -0.329. The molecule has 0 aliphatic heterocycles. The van der Waals surface area contributed by atoms with E-state index in [0.717, 1.165) is 22.1 Å². The number of hydrogen-bond acceptors (Lipinski definition) is 4. The van der Waals surface area contributed by atoms with Crippen LogP contribution in [0.3, 0.4) is 0 Å². The van der Waals surface area contributed by atoms with Gasteiger partial charge in [-0.15, -0.1) is 11.3 Å². The van der Waals surface area contributed by atoms with E-state index in [1.807, 2.05) is 25.1 Å². The van der Waals surface area contributed by atoms with E-state index in [0.29, 0.717) is 23.5 Å². The Morgan fingerprint density at radius 2 is 2.25 bits per heavy atom. The number of aliphatic hydroxyl groups excluding tert-OH is 1. The number of anilines is 1. The van der Waals surface area contributed by atoms with Crippen LogP contribution in [0.2, 0.25) is 0 Å².